The molecule has 1 fully saturated rings. The average Bonchev–Trinajstić information content (AvgIpc) is 3.39. The maximum absolute atomic E-state index is 13.4. The maximum atomic E-state index is 13.4. The Morgan fingerprint density at radius 1 is 1.11 bits per heavy atom. The molecule has 3 aromatic rings. The van der Waals surface area contributed by atoms with E-state index in [-0.39, 0.29) is 5.91 Å². The molecule has 1 atom stereocenters. The van der Waals surface area contributed by atoms with Crippen molar-refractivity contribution in [3.63, 3.8) is 0 Å². The van der Waals surface area contributed by atoms with Gasteiger partial charge in [0.05, 0.1) is 36.2 Å². The molecule has 3 aromatic heterocycles. The molecule has 1 saturated heterocycles. The fourth-order valence-corrected chi connectivity index (χ4v) is 3.56. The minimum Gasteiger partial charge on any atom is -0.354 e. The number of alkyl halides is 1. The van der Waals surface area contributed by atoms with E-state index in [1.807, 2.05) is 17.0 Å². The Balaban J connectivity index is 1.37. The summed E-state index contributed by atoms with van der Waals surface area (Å²) < 4.78 is 15.0. The highest BCUT2D eigenvalue weighted by molar-refractivity contribution is 6.09. The predicted octanol–water partition coefficient (Wildman–Crippen LogP) is 2.37. The van der Waals surface area contributed by atoms with Gasteiger partial charge in [-0.2, -0.15) is 5.10 Å². The smallest absolute Gasteiger partial charge is 0.262 e. The number of halogens is 1. The first-order valence-corrected chi connectivity index (χ1v) is 8.85. The zero-order chi connectivity index (χ0) is 18.4. The van der Waals surface area contributed by atoms with Crippen molar-refractivity contribution in [1.29, 1.82) is 0 Å². The lowest BCUT2D eigenvalue weighted by Gasteiger charge is -2.16. The van der Waals surface area contributed by atoms with Crippen molar-refractivity contribution < 1.29 is 9.18 Å². The Bertz CT molecular complexity index is 987. The second-order valence-electron chi connectivity index (χ2n) is 6.74. The van der Waals surface area contributed by atoms with Gasteiger partial charge in [-0.25, -0.2) is 14.1 Å². The Labute approximate surface area is 155 Å². The Morgan fingerprint density at radius 2 is 1.96 bits per heavy atom. The molecule has 0 aliphatic carbocycles. The molecule has 5 rings (SSSR count). The molecular weight excluding hydrogens is 347 g/mol. The van der Waals surface area contributed by atoms with E-state index in [9.17, 15) is 9.18 Å². The molecule has 0 bridgehead atoms. The van der Waals surface area contributed by atoms with E-state index in [1.54, 1.807) is 46.5 Å². The van der Waals surface area contributed by atoms with Crippen LogP contribution in [0.15, 0.2) is 49.1 Å². The van der Waals surface area contributed by atoms with Crippen LogP contribution in [0, 0.1) is 0 Å². The average molecular weight is 364 g/mol. The third kappa shape index (κ3) is 2.73. The molecule has 5 heterocycles. The lowest BCUT2D eigenvalue weighted by Crippen LogP contribution is -2.23. The van der Waals surface area contributed by atoms with Crippen LogP contribution in [-0.4, -0.2) is 44.9 Å². The summed E-state index contributed by atoms with van der Waals surface area (Å²) in [6.07, 6.45) is 6.54. The Hall–Kier alpha value is -3.29. The van der Waals surface area contributed by atoms with Crippen molar-refractivity contribution in [3.05, 3.63) is 60.3 Å². The van der Waals surface area contributed by atoms with Crippen molar-refractivity contribution in [2.24, 2.45) is 0 Å². The van der Waals surface area contributed by atoms with E-state index in [0.29, 0.717) is 31.6 Å². The minimum atomic E-state index is -0.782. The van der Waals surface area contributed by atoms with Gasteiger partial charge in [-0.15, -0.1) is 0 Å². The van der Waals surface area contributed by atoms with Gasteiger partial charge in [0.1, 0.15) is 12.0 Å². The summed E-state index contributed by atoms with van der Waals surface area (Å²) in [5.41, 5.74) is 2.91. The van der Waals surface area contributed by atoms with E-state index in [1.165, 1.54) is 0 Å². The summed E-state index contributed by atoms with van der Waals surface area (Å²) in [6, 6.07) is 7.37. The summed E-state index contributed by atoms with van der Waals surface area (Å²) in [5, 5.41) is 4.55. The lowest BCUT2D eigenvalue weighted by molar-refractivity contribution is 0.0996. The van der Waals surface area contributed by atoms with Gasteiger partial charge in [0.15, 0.2) is 0 Å². The van der Waals surface area contributed by atoms with Crippen LogP contribution in [0.1, 0.15) is 22.5 Å². The van der Waals surface area contributed by atoms with E-state index in [0.717, 1.165) is 22.9 Å². The number of pyridine rings is 2. The molecule has 0 aromatic carbocycles. The standard InChI is InChI=1S/C19H17FN6O/c20-13-5-8-24(10-13)18-2-1-15(9-22-18)26-11-16-17(23-26)12-25(19(16)27)14-3-6-21-7-4-14/h1-4,6-7,9,11,13H,5,8,10,12H2/t13-/m0/s1. The molecule has 7 nitrogen and oxygen atoms in total. The monoisotopic (exact) mass is 364 g/mol. The van der Waals surface area contributed by atoms with Crippen LogP contribution in [0.2, 0.25) is 0 Å². The normalized spacial score (nSPS) is 19.0. The SMILES string of the molecule is O=C1c2cn(-c3ccc(N4CC[C@H](F)C4)nc3)nc2CN1c1ccncc1. The van der Waals surface area contributed by atoms with Crippen LogP contribution in [-0.2, 0) is 6.54 Å². The second kappa shape index (κ2) is 6.15. The number of hydrogen-bond acceptors (Lipinski definition) is 5. The third-order valence-corrected chi connectivity index (χ3v) is 5.00. The highest BCUT2D eigenvalue weighted by atomic mass is 19.1. The van der Waals surface area contributed by atoms with Gasteiger partial charge in [0.2, 0.25) is 0 Å². The Morgan fingerprint density at radius 3 is 2.63 bits per heavy atom. The highest BCUT2D eigenvalue weighted by Crippen LogP contribution is 2.28. The van der Waals surface area contributed by atoms with Crippen LogP contribution in [0.5, 0.6) is 0 Å². The fraction of sp³-hybridized carbons (Fsp3) is 0.263. The molecule has 0 saturated carbocycles. The maximum Gasteiger partial charge on any atom is 0.262 e. The third-order valence-electron chi connectivity index (χ3n) is 5.00. The molecule has 0 radical (unpaired) electrons. The lowest BCUT2D eigenvalue weighted by atomic mass is 10.3. The van der Waals surface area contributed by atoms with E-state index in [4.69, 9.17) is 0 Å². The van der Waals surface area contributed by atoms with Crippen molar-refractivity contribution in [2.75, 3.05) is 22.9 Å². The fourth-order valence-electron chi connectivity index (χ4n) is 3.56. The number of carbonyl (C=O) groups is 1. The van der Waals surface area contributed by atoms with Crippen molar-refractivity contribution in [1.82, 2.24) is 19.7 Å². The number of hydrogen-bond donors (Lipinski definition) is 0. The van der Waals surface area contributed by atoms with E-state index in [2.05, 4.69) is 15.1 Å². The number of fused-ring (bicyclic) bond motifs is 1. The quantitative estimate of drug-likeness (QED) is 0.714. The zero-order valence-electron chi connectivity index (χ0n) is 14.5. The van der Waals surface area contributed by atoms with Crippen molar-refractivity contribution in [2.45, 2.75) is 19.1 Å². The molecule has 8 heteroatoms. The van der Waals surface area contributed by atoms with Crippen LogP contribution in [0.25, 0.3) is 5.69 Å². The van der Waals surface area contributed by atoms with Gasteiger partial charge in [-0.3, -0.25) is 9.78 Å². The number of aromatic nitrogens is 4. The molecule has 0 spiro atoms. The number of nitrogens with zero attached hydrogens (tertiary/aromatic N) is 6. The summed E-state index contributed by atoms with van der Waals surface area (Å²) in [4.78, 5) is 24.7. The van der Waals surface area contributed by atoms with Gasteiger partial charge in [-0.1, -0.05) is 0 Å². The summed E-state index contributed by atoms with van der Waals surface area (Å²) in [5.74, 6) is 0.691. The Kier molecular flexibility index (Phi) is 3.63. The van der Waals surface area contributed by atoms with Gasteiger partial charge in [-0.05, 0) is 30.7 Å². The van der Waals surface area contributed by atoms with E-state index < -0.39 is 6.17 Å². The molecule has 27 heavy (non-hydrogen) atoms. The molecule has 2 aliphatic heterocycles. The van der Waals surface area contributed by atoms with Gasteiger partial charge >= 0.3 is 0 Å². The first-order chi connectivity index (χ1) is 13.2. The van der Waals surface area contributed by atoms with Crippen LogP contribution in [0.3, 0.4) is 0 Å². The first-order valence-electron chi connectivity index (χ1n) is 8.85. The molecule has 2 aliphatic rings. The zero-order valence-corrected chi connectivity index (χ0v) is 14.5. The van der Waals surface area contributed by atoms with Gasteiger partial charge < -0.3 is 9.80 Å². The van der Waals surface area contributed by atoms with Gasteiger partial charge in [0.25, 0.3) is 5.91 Å². The van der Waals surface area contributed by atoms with Gasteiger partial charge in [0, 0.05) is 30.8 Å². The highest BCUT2D eigenvalue weighted by Gasteiger charge is 2.32. The largest absolute Gasteiger partial charge is 0.354 e. The van der Waals surface area contributed by atoms with Crippen LogP contribution >= 0.6 is 0 Å². The van der Waals surface area contributed by atoms with Crippen molar-refractivity contribution in [3.8, 4) is 5.69 Å². The number of anilines is 2. The predicted molar refractivity (Wildman–Crippen MR) is 97.8 cm³/mol. The van der Waals surface area contributed by atoms with E-state index >= 15 is 0 Å². The summed E-state index contributed by atoms with van der Waals surface area (Å²) in [6.45, 7) is 1.51. The molecule has 0 unspecified atom stereocenters. The number of rotatable bonds is 3. The van der Waals surface area contributed by atoms with Crippen molar-refractivity contribution >= 4 is 17.4 Å². The molecule has 1 amide bonds. The summed E-state index contributed by atoms with van der Waals surface area (Å²) in [7, 11) is 0. The number of amides is 1. The van der Waals surface area contributed by atoms with Crippen LogP contribution < -0.4 is 9.80 Å². The topological polar surface area (TPSA) is 67.2 Å². The molecule has 0 N–H and O–H groups in total. The summed E-state index contributed by atoms with van der Waals surface area (Å²) >= 11 is 0. The minimum absolute atomic E-state index is 0.0712. The number of carbonyl (C=O) groups excluding carboxylic acids is 1. The molecular formula is C19H17FN6O. The molecule has 136 valence electrons. The second-order valence-corrected chi connectivity index (χ2v) is 6.74. The van der Waals surface area contributed by atoms with Crippen LogP contribution in [0.4, 0.5) is 15.9 Å². The first kappa shape index (κ1) is 15.9.